The molecule has 1 heterocycles. The van der Waals surface area contributed by atoms with Crippen LogP contribution in [0.2, 0.25) is 0 Å². The van der Waals surface area contributed by atoms with Gasteiger partial charge in [0.1, 0.15) is 33.6 Å². The molecule has 0 atom stereocenters. The van der Waals surface area contributed by atoms with Crippen molar-refractivity contribution in [3.8, 4) is 0 Å². The van der Waals surface area contributed by atoms with E-state index in [1.54, 1.807) is 0 Å². The van der Waals surface area contributed by atoms with E-state index in [1.807, 2.05) is 0 Å². The molecule has 1 aromatic heterocycles. The number of nitrogens with zero attached hydrogens (tertiary/aromatic N) is 2. The normalized spacial score (nSPS) is 10.9. The van der Waals surface area contributed by atoms with E-state index in [0.29, 0.717) is 6.33 Å². The van der Waals surface area contributed by atoms with E-state index in [1.165, 1.54) is 22.0 Å². The summed E-state index contributed by atoms with van der Waals surface area (Å²) < 4.78 is 50.4. The molecule has 178 valence electrons. The van der Waals surface area contributed by atoms with Crippen molar-refractivity contribution in [1.82, 2.24) is 9.97 Å². The van der Waals surface area contributed by atoms with Gasteiger partial charge in [-0.1, -0.05) is 66.7 Å². The van der Waals surface area contributed by atoms with E-state index in [2.05, 4.69) is 101 Å². The third-order valence-electron chi connectivity index (χ3n) is 5.07. The zero-order chi connectivity index (χ0) is 24.0. The number of alkyl halides is 3. The molecule has 0 aliphatic carbocycles. The standard InChI is InChI=1S/C18H15P.C9H4F4N2.ClH/c1-4-10-16(11-5-1)19(17-12-6-2-7-13-17)18-14-8-3-9-15-18;10-6-3-1-2-5-7(6)14-4-15-8(5)9(11,12)13;/h1-15H;1-4H;1H. The van der Waals surface area contributed by atoms with Gasteiger partial charge in [-0.15, -0.1) is 0 Å². The Morgan fingerprint density at radius 3 is 1.46 bits per heavy atom. The van der Waals surface area contributed by atoms with Gasteiger partial charge in [-0.05, 0) is 42.5 Å². The highest BCUT2D eigenvalue weighted by atomic mass is 35.5. The second-order valence-electron chi connectivity index (χ2n) is 7.33. The Kier molecular flexibility index (Phi) is 8.91. The van der Waals surface area contributed by atoms with Crippen LogP contribution >= 0.6 is 7.92 Å². The number of halogens is 5. The summed E-state index contributed by atoms with van der Waals surface area (Å²) in [6, 6.07) is 35.9. The van der Waals surface area contributed by atoms with Crippen LogP contribution < -0.4 is 28.3 Å². The molecule has 0 radical (unpaired) electrons. The fourth-order valence-corrected chi connectivity index (χ4v) is 6.17. The Morgan fingerprint density at radius 1 is 0.571 bits per heavy atom. The topological polar surface area (TPSA) is 25.8 Å². The SMILES string of the molecule is Fc1cccc2c(C(F)(F)F)ncnc12.[Cl-].c1ccc([PH+](c2ccccc2)c2ccccc2)cc1. The molecule has 0 fully saturated rings. The molecule has 0 spiro atoms. The number of rotatable bonds is 3. The van der Waals surface area contributed by atoms with Crippen LogP contribution in [-0.2, 0) is 6.18 Å². The van der Waals surface area contributed by atoms with Crippen molar-refractivity contribution < 1.29 is 30.0 Å². The van der Waals surface area contributed by atoms with Gasteiger partial charge in [-0.25, -0.2) is 14.4 Å². The number of para-hydroxylation sites is 1. The summed E-state index contributed by atoms with van der Waals surface area (Å²) in [4.78, 5) is 6.59. The molecule has 0 unspecified atom stereocenters. The van der Waals surface area contributed by atoms with Gasteiger partial charge in [0.2, 0.25) is 0 Å². The van der Waals surface area contributed by atoms with Crippen molar-refractivity contribution in [3.63, 3.8) is 0 Å². The predicted octanol–water partition coefficient (Wildman–Crippen LogP) is 2.97. The molecule has 0 saturated heterocycles. The number of hydrogen-bond donors (Lipinski definition) is 0. The van der Waals surface area contributed by atoms with Gasteiger partial charge in [0.25, 0.3) is 0 Å². The summed E-state index contributed by atoms with van der Waals surface area (Å²) in [6.07, 6.45) is -3.90. The molecule has 0 bridgehead atoms. The highest BCUT2D eigenvalue weighted by molar-refractivity contribution is 7.79. The lowest BCUT2D eigenvalue weighted by Crippen LogP contribution is -3.00. The van der Waals surface area contributed by atoms with Crippen molar-refractivity contribution in [2.24, 2.45) is 0 Å². The lowest BCUT2D eigenvalue weighted by atomic mass is 10.2. The van der Waals surface area contributed by atoms with Crippen molar-refractivity contribution >= 4 is 34.7 Å². The third-order valence-corrected chi connectivity index (χ3v) is 7.80. The molecule has 5 aromatic rings. The first kappa shape index (κ1) is 26.3. The molecule has 0 aliphatic heterocycles. The summed E-state index contributed by atoms with van der Waals surface area (Å²) in [6.45, 7) is 0. The van der Waals surface area contributed by atoms with Crippen LogP contribution in [0.1, 0.15) is 5.69 Å². The molecule has 0 saturated carbocycles. The van der Waals surface area contributed by atoms with Crippen LogP contribution in [0.25, 0.3) is 10.9 Å². The molecular weight excluding hydrogens is 495 g/mol. The van der Waals surface area contributed by atoms with Crippen LogP contribution in [0.15, 0.2) is 116 Å². The van der Waals surface area contributed by atoms with Gasteiger partial charge in [-0.2, -0.15) is 13.2 Å². The first-order valence-electron chi connectivity index (χ1n) is 10.4. The third kappa shape index (κ3) is 6.41. The number of aromatic nitrogens is 2. The summed E-state index contributed by atoms with van der Waals surface area (Å²) in [5.74, 6) is -0.791. The molecule has 0 N–H and O–H groups in total. The zero-order valence-electron chi connectivity index (χ0n) is 18.3. The molecule has 0 amide bonds. The van der Waals surface area contributed by atoms with Crippen LogP contribution in [0.3, 0.4) is 0 Å². The van der Waals surface area contributed by atoms with Gasteiger partial charge in [0.15, 0.2) is 5.69 Å². The van der Waals surface area contributed by atoms with Crippen molar-refractivity contribution in [2.45, 2.75) is 6.18 Å². The maximum atomic E-state index is 13.1. The monoisotopic (exact) mass is 514 g/mol. The summed E-state index contributed by atoms with van der Waals surface area (Å²) in [5.41, 5.74) is -1.44. The summed E-state index contributed by atoms with van der Waals surface area (Å²) in [7, 11) is -0.877. The van der Waals surface area contributed by atoms with E-state index >= 15 is 0 Å². The Morgan fingerprint density at radius 2 is 1.03 bits per heavy atom. The van der Waals surface area contributed by atoms with Crippen LogP contribution in [0, 0.1) is 5.82 Å². The molecular formula is C27H20ClF4N2P. The predicted molar refractivity (Wildman–Crippen MR) is 131 cm³/mol. The van der Waals surface area contributed by atoms with Crippen molar-refractivity contribution in [2.75, 3.05) is 0 Å². The molecule has 4 aromatic carbocycles. The van der Waals surface area contributed by atoms with Gasteiger partial charge in [0, 0.05) is 5.39 Å². The molecule has 5 rings (SSSR count). The lowest BCUT2D eigenvalue weighted by Gasteiger charge is -2.10. The fraction of sp³-hybridized carbons (Fsp3) is 0.0370. The minimum Gasteiger partial charge on any atom is -1.00 e. The smallest absolute Gasteiger partial charge is 0.434 e. The molecule has 2 nitrogen and oxygen atoms in total. The Labute approximate surface area is 207 Å². The summed E-state index contributed by atoms with van der Waals surface area (Å²) >= 11 is 0. The van der Waals surface area contributed by atoms with E-state index in [9.17, 15) is 17.6 Å². The van der Waals surface area contributed by atoms with Gasteiger partial charge in [0.05, 0.1) is 7.92 Å². The first-order valence-corrected chi connectivity index (χ1v) is 11.9. The van der Waals surface area contributed by atoms with Crippen LogP contribution in [0.4, 0.5) is 17.6 Å². The Balaban J connectivity index is 0.000000195. The van der Waals surface area contributed by atoms with Gasteiger partial charge < -0.3 is 12.4 Å². The molecule has 8 heteroatoms. The summed E-state index contributed by atoms with van der Waals surface area (Å²) in [5, 5.41) is 3.98. The minimum atomic E-state index is -4.60. The lowest BCUT2D eigenvalue weighted by molar-refractivity contribution is -0.139. The zero-order valence-corrected chi connectivity index (χ0v) is 20.0. The number of fused-ring (bicyclic) bond motifs is 1. The van der Waals surface area contributed by atoms with Gasteiger partial charge >= 0.3 is 6.18 Å². The molecule has 0 aliphatic rings. The van der Waals surface area contributed by atoms with E-state index in [4.69, 9.17) is 0 Å². The largest absolute Gasteiger partial charge is 1.00 e. The van der Waals surface area contributed by atoms with Crippen molar-refractivity contribution in [1.29, 1.82) is 0 Å². The number of benzene rings is 4. The second kappa shape index (κ2) is 11.9. The van der Waals surface area contributed by atoms with Crippen LogP contribution in [0.5, 0.6) is 0 Å². The maximum Gasteiger partial charge on any atom is 0.434 e. The highest BCUT2D eigenvalue weighted by Gasteiger charge is 2.35. The van der Waals surface area contributed by atoms with Crippen molar-refractivity contribution in [3.05, 3.63) is 127 Å². The minimum absolute atomic E-state index is 0. The van der Waals surface area contributed by atoms with E-state index in [0.717, 1.165) is 12.1 Å². The quantitative estimate of drug-likeness (QED) is 0.273. The Hall–Kier alpha value is -3.34. The van der Waals surface area contributed by atoms with E-state index < -0.39 is 25.6 Å². The molecule has 35 heavy (non-hydrogen) atoms. The average Bonchev–Trinajstić information content (AvgIpc) is 2.86. The second-order valence-corrected chi connectivity index (χ2v) is 9.81. The fourth-order valence-electron chi connectivity index (χ4n) is 3.59. The first-order chi connectivity index (χ1) is 16.4. The maximum absolute atomic E-state index is 13.1. The van der Waals surface area contributed by atoms with Crippen LogP contribution in [-0.4, -0.2) is 9.97 Å². The van der Waals surface area contributed by atoms with Gasteiger partial charge in [-0.3, -0.25) is 0 Å². The Bertz CT molecular complexity index is 1260. The number of hydrogen-bond acceptors (Lipinski definition) is 2. The van der Waals surface area contributed by atoms with E-state index in [-0.39, 0.29) is 23.3 Å². The highest BCUT2D eigenvalue weighted by Crippen LogP contribution is 2.33. The average molecular weight is 515 g/mol.